The fraction of sp³-hybridized carbons (Fsp3) is 0.250. The minimum Gasteiger partial charge on any atom is -0.495 e. The number of anilines is 1. The van der Waals surface area contributed by atoms with Crippen molar-refractivity contribution in [2.24, 2.45) is 0 Å². The van der Waals surface area contributed by atoms with E-state index in [4.69, 9.17) is 16.3 Å². The molecule has 1 N–H and O–H groups in total. The zero-order valence-electron chi connectivity index (χ0n) is 16.1. The number of thioether (sulfide) groups is 1. The Morgan fingerprint density at radius 2 is 1.89 bits per heavy atom. The van der Waals surface area contributed by atoms with Crippen molar-refractivity contribution in [2.75, 3.05) is 12.4 Å². The molecule has 0 spiro atoms. The van der Waals surface area contributed by atoms with Crippen LogP contribution in [0.5, 0.6) is 5.75 Å². The highest BCUT2D eigenvalue weighted by Gasteiger charge is 2.21. The Labute approximate surface area is 173 Å². The molecular weight excluding hydrogens is 396 g/mol. The van der Waals surface area contributed by atoms with Crippen LogP contribution >= 0.6 is 23.4 Å². The van der Waals surface area contributed by atoms with E-state index in [2.05, 4.69) is 15.5 Å². The third-order valence-corrected chi connectivity index (χ3v) is 5.44. The van der Waals surface area contributed by atoms with Crippen LogP contribution < -0.4 is 10.1 Å². The molecule has 8 heteroatoms. The molecule has 146 valence electrons. The van der Waals surface area contributed by atoms with Crippen molar-refractivity contribution in [3.63, 3.8) is 0 Å². The van der Waals surface area contributed by atoms with E-state index in [0.29, 0.717) is 21.6 Å². The first kappa shape index (κ1) is 20.2. The Bertz CT molecular complexity index is 988. The summed E-state index contributed by atoms with van der Waals surface area (Å²) in [6.07, 6.45) is 0. The average Bonchev–Trinajstić information content (AvgIpc) is 3.03. The quantitative estimate of drug-likeness (QED) is 0.591. The molecule has 1 aromatic heterocycles. The van der Waals surface area contributed by atoms with Crippen molar-refractivity contribution in [2.45, 2.75) is 31.2 Å². The van der Waals surface area contributed by atoms with E-state index in [9.17, 15) is 4.79 Å². The van der Waals surface area contributed by atoms with Gasteiger partial charge in [0.1, 0.15) is 11.6 Å². The van der Waals surface area contributed by atoms with Crippen molar-refractivity contribution >= 4 is 35.0 Å². The molecule has 0 aliphatic rings. The lowest BCUT2D eigenvalue weighted by Gasteiger charge is -2.15. The number of aromatic nitrogens is 3. The van der Waals surface area contributed by atoms with Gasteiger partial charge in [0.25, 0.3) is 0 Å². The maximum atomic E-state index is 12.7. The topological polar surface area (TPSA) is 69.0 Å². The zero-order valence-corrected chi connectivity index (χ0v) is 17.6. The molecule has 6 nitrogen and oxygen atoms in total. The predicted molar refractivity (Wildman–Crippen MR) is 113 cm³/mol. The molecule has 0 fully saturated rings. The summed E-state index contributed by atoms with van der Waals surface area (Å²) in [6.45, 7) is 5.74. The summed E-state index contributed by atoms with van der Waals surface area (Å²) in [4.78, 5) is 12.7. The molecule has 0 aliphatic heterocycles. The van der Waals surface area contributed by atoms with Gasteiger partial charge in [0, 0.05) is 10.7 Å². The highest BCUT2D eigenvalue weighted by molar-refractivity contribution is 8.00. The number of nitrogens with one attached hydrogen (secondary N) is 1. The van der Waals surface area contributed by atoms with Gasteiger partial charge in [-0.2, -0.15) is 0 Å². The predicted octanol–water partition coefficient (Wildman–Crippen LogP) is 4.67. The van der Waals surface area contributed by atoms with Crippen LogP contribution in [0.2, 0.25) is 5.02 Å². The molecule has 0 saturated carbocycles. The van der Waals surface area contributed by atoms with E-state index < -0.39 is 5.25 Å². The Kier molecular flexibility index (Phi) is 6.26. The Hall–Kier alpha value is -2.51. The second-order valence-electron chi connectivity index (χ2n) is 6.29. The molecule has 0 bridgehead atoms. The number of aryl methyl sites for hydroxylation is 2. The first-order valence-electron chi connectivity index (χ1n) is 8.69. The summed E-state index contributed by atoms with van der Waals surface area (Å²) in [5.74, 6) is 1.13. The lowest BCUT2D eigenvalue weighted by Crippen LogP contribution is -2.23. The normalized spacial score (nSPS) is 11.9. The number of ether oxygens (including phenoxy) is 1. The maximum Gasteiger partial charge on any atom is 0.237 e. The molecule has 0 aliphatic carbocycles. The van der Waals surface area contributed by atoms with Gasteiger partial charge >= 0.3 is 0 Å². The number of benzene rings is 2. The number of rotatable bonds is 6. The monoisotopic (exact) mass is 416 g/mol. The van der Waals surface area contributed by atoms with E-state index in [1.54, 1.807) is 25.3 Å². The molecule has 1 amide bonds. The minimum atomic E-state index is -0.406. The molecule has 3 rings (SSSR count). The standard InChI is InChI=1S/C20H21ClN4O2S/c1-12-5-8-16(9-6-12)25-14(3)23-24-20(25)28-13(2)19(26)22-17-11-15(21)7-10-18(17)27-4/h5-11,13H,1-4H3,(H,22,26). The van der Waals surface area contributed by atoms with Crippen LogP contribution in [0, 0.1) is 13.8 Å². The summed E-state index contributed by atoms with van der Waals surface area (Å²) in [6, 6.07) is 13.2. The number of carbonyl (C=O) groups is 1. The lowest BCUT2D eigenvalue weighted by atomic mass is 10.2. The van der Waals surface area contributed by atoms with Gasteiger partial charge in [0.2, 0.25) is 5.91 Å². The molecule has 28 heavy (non-hydrogen) atoms. The van der Waals surface area contributed by atoms with Crippen LogP contribution in [-0.4, -0.2) is 33.0 Å². The fourth-order valence-corrected chi connectivity index (χ4v) is 3.72. The summed E-state index contributed by atoms with van der Waals surface area (Å²) >= 11 is 7.37. The highest BCUT2D eigenvalue weighted by Crippen LogP contribution is 2.30. The van der Waals surface area contributed by atoms with Crippen molar-refractivity contribution in [3.05, 3.63) is 58.9 Å². The zero-order chi connectivity index (χ0) is 20.3. The third-order valence-electron chi connectivity index (χ3n) is 4.16. The molecule has 1 heterocycles. The lowest BCUT2D eigenvalue weighted by molar-refractivity contribution is -0.115. The Morgan fingerprint density at radius 3 is 2.57 bits per heavy atom. The third kappa shape index (κ3) is 4.48. The SMILES string of the molecule is COc1ccc(Cl)cc1NC(=O)C(C)Sc1nnc(C)n1-c1ccc(C)cc1. The van der Waals surface area contributed by atoms with E-state index >= 15 is 0 Å². The molecule has 0 radical (unpaired) electrons. The first-order valence-corrected chi connectivity index (χ1v) is 9.95. The summed E-state index contributed by atoms with van der Waals surface area (Å²) in [7, 11) is 1.55. The van der Waals surface area contributed by atoms with Gasteiger partial charge in [-0.05, 0) is 51.1 Å². The van der Waals surface area contributed by atoms with Gasteiger partial charge in [0.15, 0.2) is 5.16 Å². The van der Waals surface area contributed by atoms with E-state index in [-0.39, 0.29) is 5.91 Å². The molecule has 0 saturated heterocycles. The van der Waals surface area contributed by atoms with Gasteiger partial charge in [-0.25, -0.2) is 0 Å². The van der Waals surface area contributed by atoms with Gasteiger partial charge in [-0.3, -0.25) is 9.36 Å². The molecule has 2 aromatic carbocycles. The van der Waals surface area contributed by atoms with E-state index in [0.717, 1.165) is 11.5 Å². The van der Waals surface area contributed by atoms with Gasteiger partial charge in [-0.15, -0.1) is 10.2 Å². The fourth-order valence-electron chi connectivity index (χ4n) is 2.63. The van der Waals surface area contributed by atoms with Crippen molar-refractivity contribution < 1.29 is 9.53 Å². The second-order valence-corrected chi connectivity index (χ2v) is 8.04. The second kappa shape index (κ2) is 8.67. The number of hydrogen-bond acceptors (Lipinski definition) is 5. The summed E-state index contributed by atoms with van der Waals surface area (Å²) < 4.78 is 7.22. The van der Waals surface area contributed by atoms with Crippen LogP contribution in [0.4, 0.5) is 5.69 Å². The summed E-state index contributed by atoms with van der Waals surface area (Å²) in [5, 5.41) is 12.1. The Balaban J connectivity index is 1.78. The van der Waals surface area contributed by atoms with Crippen molar-refractivity contribution in [1.29, 1.82) is 0 Å². The number of amides is 1. The summed E-state index contributed by atoms with van der Waals surface area (Å²) in [5.41, 5.74) is 2.66. The van der Waals surface area contributed by atoms with Crippen molar-refractivity contribution in [1.82, 2.24) is 14.8 Å². The maximum absolute atomic E-state index is 12.7. The van der Waals surface area contributed by atoms with Gasteiger partial charge < -0.3 is 10.1 Å². The number of methoxy groups -OCH3 is 1. The largest absolute Gasteiger partial charge is 0.495 e. The molecule has 1 unspecified atom stereocenters. The van der Waals surface area contributed by atoms with Gasteiger partial charge in [-0.1, -0.05) is 41.1 Å². The minimum absolute atomic E-state index is 0.179. The van der Waals surface area contributed by atoms with Crippen LogP contribution in [0.15, 0.2) is 47.6 Å². The molecule has 1 atom stereocenters. The van der Waals surface area contributed by atoms with Crippen LogP contribution in [0.25, 0.3) is 5.69 Å². The van der Waals surface area contributed by atoms with Crippen LogP contribution in [0.1, 0.15) is 18.3 Å². The molecule has 3 aromatic rings. The van der Waals surface area contributed by atoms with Crippen molar-refractivity contribution in [3.8, 4) is 11.4 Å². The molecular formula is C20H21ClN4O2S. The number of nitrogens with zero attached hydrogens (tertiary/aromatic N) is 3. The Morgan fingerprint density at radius 1 is 1.18 bits per heavy atom. The smallest absolute Gasteiger partial charge is 0.237 e. The van der Waals surface area contributed by atoms with E-state index in [1.165, 1.54) is 17.3 Å². The highest BCUT2D eigenvalue weighted by atomic mass is 35.5. The first-order chi connectivity index (χ1) is 13.4. The van der Waals surface area contributed by atoms with Crippen LogP contribution in [-0.2, 0) is 4.79 Å². The van der Waals surface area contributed by atoms with Crippen LogP contribution in [0.3, 0.4) is 0 Å². The number of halogens is 1. The van der Waals surface area contributed by atoms with E-state index in [1.807, 2.05) is 49.6 Å². The number of hydrogen-bond donors (Lipinski definition) is 1. The average molecular weight is 417 g/mol. The number of carbonyl (C=O) groups excluding carboxylic acids is 1. The van der Waals surface area contributed by atoms with Gasteiger partial charge in [0.05, 0.1) is 18.0 Å².